The van der Waals surface area contributed by atoms with Crippen molar-refractivity contribution in [3.63, 3.8) is 0 Å². The molecule has 1 aromatic heterocycles. The molecule has 2 aromatic carbocycles. The van der Waals surface area contributed by atoms with Gasteiger partial charge in [0.15, 0.2) is 0 Å². The Morgan fingerprint density at radius 3 is 2.86 bits per heavy atom. The summed E-state index contributed by atoms with van der Waals surface area (Å²) in [6, 6.07) is 11.9. The van der Waals surface area contributed by atoms with Crippen LogP contribution in [0.5, 0.6) is 0 Å². The number of H-pyrrole nitrogens is 1. The largest absolute Gasteiger partial charge is 0.356 e. The summed E-state index contributed by atoms with van der Waals surface area (Å²) in [4.78, 5) is 29.4. The van der Waals surface area contributed by atoms with Crippen molar-refractivity contribution in [1.82, 2.24) is 15.2 Å². The fraction of sp³-hybridized carbons (Fsp3) is 0.364. The number of benzene rings is 2. The van der Waals surface area contributed by atoms with Gasteiger partial charge in [0, 0.05) is 52.9 Å². The summed E-state index contributed by atoms with van der Waals surface area (Å²) in [7, 11) is 0. The maximum atomic E-state index is 12.5. The lowest BCUT2D eigenvalue weighted by Gasteiger charge is -2.16. The van der Waals surface area contributed by atoms with E-state index in [0.29, 0.717) is 18.0 Å². The van der Waals surface area contributed by atoms with E-state index in [2.05, 4.69) is 10.3 Å². The first-order valence-electron chi connectivity index (χ1n) is 9.79. The molecule has 2 amide bonds. The van der Waals surface area contributed by atoms with Crippen LogP contribution >= 0.6 is 11.6 Å². The van der Waals surface area contributed by atoms with E-state index in [1.165, 1.54) is 0 Å². The molecule has 1 saturated heterocycles. The van der Waals surface area contributed by atoms with Crippen LogP contribution in [0.2, 0.25) is 5.02 Å². The van der Waals surface area contributed by atoms with E-state index in [1.807, 2.05) is 48.2 Å². The van der Waals surface area contributed by atoms with Gasteiger partial charge in [-0.25, -0.2) is 0 Å². The predicted molar refractivity (Wildman–Crippen MR) is 113 cm³/mol. The highest BCUT2D eigenvalue weighted by atomic mass is 35.5. The molecular formula is C22H24ClN3O2. The fourth-order valence-electron chi connectivity index (χ4n) is 3.89. The molecule has 2 N–H and O–H groups in total. The lowest BCUT2D eigenvalue weighted by Crippen LogP contribution is -2.32. The van der Waals surface area contributed by atoms with E-state index < -0.39 is 0 Å². The van der Waals surface area contributed by atoms with Crippen molar-refractivity contribution >= 4 is 45.2 Å². The Morgan fingerprint density at radius 2 is 2.07 bits per heavy atom. The molecule has 3 aromatic rings. The van der Waals surface area contributed by atoms with Crippen molar-refractivity contribution in [3.8, 4) is 0 Å². The lowest BCUT2D eigenvalue weighted by molar-refractivity contribution is -0.127. The maximum Gasteiger partial charge on any atom is 0.227 e. The molecule has 6 heteroatoms. The summed E-state index contributed by atoms with van der Waals surface area (Å²) in [5.74, 6) is -0.00769. The molecule has 0 radical (unpaired) electrons. The number of nitrogens with one attached hydrogen (secondary N) is 2. The van der Waals surface area contributed by atoms with Crippen LogP contribution in [0.25, 0.3) is 21.8 Å². The second kappa shape index (κ2) is 7.84. The second-order valence-corrected chi connectivity index (χ2v) is 7.91. The lowest BCUT2D eigenvalue weighted by atomic mass is 9.98. The quantitative estimate of drug-likeness (QED) is 0.612. The second-order valence-electron chi connectivity index (χ2n) is 7.47. The Kier molecular flexibility index (Phi) is 5.27. The Bertz CT molecular complexity index is 1040. The fourth-order valence-corrected chi connectivity index (χ4v) is 4.06. The molecule has 0 saturated carbocycles. The Hall–Kier alpha value is -2.53. The number of likely N-dealkylation sites (tertiary alicyclic amines) is 1. The first-order chi connectivity index (χ1) is 13.5. The van der Waals surface area contributed by atoms with Gasteiger partial charge in [0.05, 0.1) is 5.92 Å². The van der Waals surface area contributed by atoms with Crippen LogP contribution in [-0.4, -0.2) is 41.3 Å². The van der Waals surface area contributed by atoms with Gasteiger partial charge in [-0.3, -0.25) is 9.59 Å². The summed E-state index contributed by atoms with van der Waals surface area (Å²) in [5.41, 5.74) is 3.00. The zero-order valence-electron chi connectivity index (χ0n) is 15.9. The Morgan fingerprint density at radius 1 is 1.21 bits per heavy atom. The van der Waals surface area contributed by atoms with Crippen LogP contribution in [-0.2, 0) is 9.59 Å². The van der Waals surface area contributed by atoms with Crippen molar-refractivity contribution in [2.75, 3.05) is 19.6 Å². The van der Waals surface area contributed by atoms with E-state index in [4.69, 9.17) is 11.6 Å². The van der Waals surface area contributed by atoms with Gasteiger partial charge in [0.1, 0.15) is 0 Å². The molecule has 0 spiro atoms. The molecule has 4 rings (SSSR count). The number of fused-ring (bicyclic) bond motifs is 3. The van der Waals surface area contributed by atoms with E-state index in [1.54, 1.807) is 0 Å². The van der Waals surface area contributed by atoms with E-state index in [0.717, 1.165) is 53.3 Å². The standard InChI is InChI=1S/C22H24ClN3O2/c1-14(22(28)24-9-3-11-26-10-2-4-21(26)27)15-5-7-17-18-13-16(23)6-8-19(18)25-20(17)12-15/h5-8,12-14,25H,2-4,9-11H2,1H3,(H,24,28)/t14-/m1/s1. The molecule has 1 aliphatic heterocycles. The third-order valence-corrected chi connectivity index (χ3v) is 5.79. The number of carbonyl (C=O) groups is 2. The van der Waals surface area contributed by atoms with Gasteiger partial charge < -0.3 is 15.2 Å². The first-order valence-corrected chi connectivity index (χ1v) is 10.2. The molecule has 1 fully saturated rings. The van der Waals surface area contributed by atoms with Gasteiger partial charge >= 0.3 is 0 Å². The molecule has 28 heavy (non-hydrogen) atoms. The van der Waals surface area contributed by atoms with Gasteiger partial charge in [0.25, 0.3) is 0 Å². The molecule has 1 atom stereocenters. The molecule has 0 bridgehead atoms. The van der Waals surface area contributed by atoms with Gasteiger partial charge in [-0.1, -0.05) is 23.7 Å². The molecule has 1 aliphatic rings. The highest BCUT2D eigenvalue weighted by molar-refractivity contribution is 6.31. The van der Waals surface area contributed by atoms with E-state index in [9.17, 15) is 9.59 Å². The third-order valence-electron chi connectivity index (χ3n) is 5.55. The minimum Gasteiger partial charge on any atom is -0.356 e. The number of hydrogen-bond acceptors (Lipinski definition) is 2. The highest BCUT2D eigenvalue weighted by Gasteiger charge is 2.20. The average Bonchev–Trinajstić information content (AvgIpc) is 3.26. The van der Waals surface area contributed by atoms with Crippen molar-refractivity contribution in [2.45, 2.75) is 32.1 Å². The molecule has 2 heterocycles. The highest BCUT2D eigenvalue weighted by Crippen LogP contribution is 2.30. The van der Waals surface area contributed by atoms with Gasteiger partial charge in [-0.2, -0.15) is 0 Å². The van der Waals surface area contributed by atoms with Crippen LogP contribution in [0.4, 0.5) is 0 Å². The summed E-state index contributed by atoms with van der Waals surface area (Å²) in [6.07, 6.45) is 2.39. The van der Waals surface area contributed by atoms with Crippen LogP contribution in [0.15, 0.2) is 36.4 Å². The van der Waals surface area contributed by atoms with Gasteiger partial charge in [-0.05, 0) is 49.6 Å². The monoisotopic (exact) mass is 397 g/mol. The summed E-state index contributed by atoms with van der Waals surface area (Å²) >= 11 is 6.12. The SMILES string of the molecule is C[C@@H](C(=O)NCCCN1CCCC1=O)c1ccc2c(c1)[nH]c1ccc(Cl)cc12. The number of rotatable bonds is 6. The normalized spacial score (nSPS) is 15.5. The molecule has 0 aliphatic carbocycles. The zero-order chi connectivity index (χ0) is 19.7. The molecule has 0 unspecified atom stereocenters. The number of hydrogen-bond donors (Lipinski definition) is 2. The van der Waals surface area contributed by atoms with Crippen molar-refractivity contribution in [2.24, 2.45) is 0 Å². The average molecular weight is 398 g/mol. The Labute approximate surface area is 169 Å². The minimum atomic E-state index is -0.243. The molecule has 5 nitrogen and oxygen atoms in total. The van der Waals surface area contributed by atoms with E-state index in [-0.39, 0.29) is 17.7 Å². The first kappa shape index (κ1) is 18.8. The smallest absolute Gasteiger partial charge is 0.227 e. The predicted octanol–water partition coefficient (Wildman–Crippen LogP) is 4.21. The summed E-state index contributed by atoms with van der Waals surface area (Å²) < 4.78 is 0. The van der Waals surface area contributed by atoms with Crippen molar-refractivity contribution in [3.05, 3.63) is 47.0 Å². The zero-order valence-corrected chi connectivity index (χ0v) is 16.7. The number of aromatic nitrogens is 1. The van der Waals surface area contributed by atoms with Crippen LogP contribution in [0.1, 0.15) is 37.7 Å². The molecule has 146 valence electrons. The summed E-state index contributed by atoms with van der Waals surface area (Å²) in [6.45, 7) is 4.07. The van der Waals surface area contributed by atoms with Gasteiger partial charge in [0.2, 0.25) is 11.8 Å². The number of nitrogens with zero attached hydrogens (tertiary/aromatic N) is 1. The van der Waals surface area contributed by atoms with Crippen LogP contribution < -0.4 is 5.32 Å². The van der Waals surface area contributed by atoms with Crippen LogP contribution in [0, 0.1) is 0 Å². The van der Waals surface area contributed by atoms with Crippen molar-refractivity contribution in [1.29, 1.82) is 0 Å². The maximum absolute atomic E-state index is 12.5. The summed E-state index contributed by atoms with van der Waals surface area (Å²) in [5, 5.41) is 5.89. The van der Waals surface area contributed by atoms with Gasteiger partial charge in [-0.15, -0.1) is 0 Å². The minimum absolute atomic E-state index is 0.00579. The van der Waals surface area contributed by atoms with E-state index >= 15 is 0 Å². The molecular weight excluding hydrogens is 374 g/mol. The number of halogens is 1. The number of aromatic amines is 1. The van der Waals surface area contributed by atoms with Crippen molar-refractivity contribution < 1.29 is 9.59 Å². The number of carbonyl (C=O) groups excluding carboxylic acids is 2. The van der Waals surface area contributed by atoms with Crippen LogP contribution in [0.3, 0.4) is 0 Å². The third kappa shape index (κ3) is 3.72. The topological polar surface area (TPSA) is 65.2 Å². The number of amides is 2. The Balaban J connectivity index is 1.40.